The summed E-state index contributed by atoms with van der Waals surface area (Å²) in [6.07, 6.45) is 0. The van der Waals surface area contributed by atoms with E-state index in [-0.39, 0.29) is 107 Å². The van der Waals surface area contributed by atoms with E-state index in [2.05, 4.69) is 28.6 Å². The zero-order valence-electron chi connectivity index (χ0n) is 57.6. The van der Waals surface area contributed by atoms with Gasteiger partial charge in [0.05, 0.1) is 16.7 Å². The Morgan fingerprint density at radius 1 is 0.330 bits per heavy atom. The number of rotatable bonds is 12. The molecule has 13 aromatic rings. The number of H-pyrrole nitrogens is 3. The fraction of sp³-hybridized carbons (Fsp3) is 0.0370. The van der Waals surface area contributed by atoms with E-state index in [1.807, 2.05) is 97.1 Å². The number of nitrogens with one attached hydrogen (secondary N) is 4. The van der Waals surface area contributed by atoms with Crippen molar-refractivity contribution in [3.63, 3.8) is 0 Å². The number of anilines is 2. The van der Waals surface area contributed by atoms with E-state index < -0.39 is 35.0 Å². The van der Waals surface area contributed by atoms with Crippen molar-refractivity contribution in [2.24, 2.45) is 0 Å². The number of aromatic hydroxyl groups is 11. The van der Waals surface area contributed by atoms with Gasteiger partial charge in [-0.2, -0.15) is 0 Å². The lowest BCUT2D eigenvalue weighted by molar-refractivity contribution is -0.121. The molecule has 109 heavy (non-hydrogen) atoms. The Labute approximate surface area is 622 Å². The van der Waals surface area contributed by atoms with Crippen molar-refractivity contribution < 1.29 is 108 Å². The second-order valence-corrected chi connectivity index (χ2v) is 22.5. The second kappa shape index (κ2) is 42.6. The van der Waals surface area contributed by atoms with Crippen LogP contribution in [0, 0.1) is 0 Å². The Kier molecular flexibility index (Phi) is 32.8. The first-order chi connectivity index (χ1) is 52.0. The first-order valence-corrected chi connectivity index (χ1v) is 31.7. The molecule has 0 fully saturated rings. The first-order valence-electron chi connectivity index (χ1n) is 31.7. The summed E-state index contributed by atoms with van der Waals surface area (Å²) >= 11 is 0. The van der Waals surface area contributed by atoms with Crippen LogP contribution in [-0.4, -0.2) is 117 Å². The summed E-state index contributed by atoms with van der Waals surface area (Å²) in [4.78, 5) is 87.3. The number of phenols is 11. The quantitative estimate of drug-likeness (QED) is 0.0399. The molecule has 18 N–H and O–H groups in total. The van der Waals surface area contributed by atoms with E-state index in [0.29, 0.717) is 27.6 Å². The number of ether oxygens (including phenoxy) is 2. The zero-order chi connectivity index (χ0) is 80.0. The number of aromatic nitrogens is 3. The molecule has 1 heterocycles. The third-order valence-corrected chi connectivity index (χ3v) is 14.3. The maximum atomic E-state index is 10.6. The number of benzene rings is 12. The van der Waals surface area contributed by atoms with E-state index in [1.54, 1.807) is 112 Å². The van der Waals surface area contributed by atoms with Gasteiger partial charge < -0.3 is 86.3 Å². The lowest BCUT2D eigenvalue weighted by atomic mass is 9.78. The molecule has 28 nitrogen and oxygen atoms in total. The standard InChI is InChI=1S/C15H16O2.C12H11N.C12H10O2.C10H8O2.C9H6O6.C8H6O4.C6H6O3.C6H6O2.C3H3N3O3.2H2/c1-15(2,11-3-7-13(16)8-4-11)12-5-9-14(17)10-6-12;1-3-7-11(8-4-1)13-12-9-5-2-6-10-12;13-11-7-3-1-5-9(11)10-6-2-4-8-12(10)14;11-9-5-1-3-7-8(9)4-2-6-10(7)12;10-4-15-7-2-5(8(11)12)1-6(3-7)9(13)14;9-5-12-7-3-1-6(2-4-7)8(10)11;7-4-1-5(8)3-6(9)2-4;7-5-1-2-6(8)4-3-5;7-1-4-2(8)6-3(9)5-1;;/h3-10,16-17H,1-2H3;1-10,13H;1-8,13-14H;1-6,11-12H;1-4H,(H,11,12)(H,13,14);1-5H,(H,10,11);1-3,7-9H;1-4,7-8H;(H3,4,5,6,7,8,9);2*1H. The number of carboxylic acids is 3. The highest BCUT2D eigenvalue weighted by Gasteiger charge is 2.23. The Morgan fingerprint density at radius 2 is 0.633 bits per heavy atom. The van der Waals surface area contributed by atoms with Gasteiger partial charge in [0.25, 0.3) is 12.9 Å². The number of carbonyl (C=O) groups excluding carboxylic acids is 2. The van der Waals surface area contributed by atoms with Gasteiger partial charge in [-0.1, -0.05) is 135 Å². The molecule has 12 aromatic carbocycles. The fourth-order valence-corrected chi connectivity index (χ4v) is 8.95. The average molecular weight is 1490 g/mol. The molecule has 0 aliphatic carbocycles. The van der Waals surface area contributed by atoms with Gasteiger partial charge in [0.15, 0.2) is 0 Å². The summed E-state index contributed by atoms with van der Waals surface area (Å²) in [7, 11) is 0. The largest absolute Gasteiger partial charge is 0.508 e. The average Bonchev–Trinajstić information content (AvgIpc) is 0.828. The van der Waals surface area contributed by atoms with Gasteiger partial charge in [-0.15, -0.1) is 0 Å². The lowest BCUT2D eigenvalue weighted by Crippen LogP contribution is -2.34. The Bertz CT molecular complexity index is 4910. The fourth-order valence-electron chi connectivity index (χ4n) is 8.95. The SMILES string of the molecule is CC(C)(c1ccc(O)cc1)c1ccc(O)cc1.O=COc1cc(C(=O)O)cc(C(=O)O)c1.O=COc1ccc(C(=O)O)cc1.O=c1[nH]c(=O)[nH]c(=O)[nH]1.Oc1cc(O)cc(O)c1.Oc1ccc(O)cc1.Oc1cccc2c(O)cccc12.Oc1ccccc1-c1ccccc1O.[HH].[HH].c1ccc(Nc2ccccc2)cc1. The minimum atomic E-state index is -1.30. The van der Waals surface area contributed by atoms with Crippen molar-refractivity contribution in [3.8, 4) is 85.9 Å². The van der Waals surface area contributed by atoms with Crippen LogP contribution in [0.1, 0.15) is 58.9 Å². The topological polar surface area (TPSA) is 498 Å². The summed E-state index contributed by atoms with van der Waals surface area (Å²) in [6.45, 7) is 4.61. The Hall–Kier alpha value is -15.7. The number of aromatic carboxylic acids is 3. The molecule has 1 aromatic heterocycles. The predicted molar refractivity (Wildman–Crippen MR) is 408 cm³/mol. The predicted octanol–water partition coefficient (Wildman–Crippen LogP) is 13.6. The number of carbonyl (C=O) groups is 5. The summed E-state index contributed by atoms with van der Waals surface area (Å²) in [5.74, 6) is -2.20. The molecule has 0 spiro atoms. The smallest absolute Gasteiger partial charge is 0.335 e. The van der Waals surface area contributed by atoms with Crippen LogP contribution in [0.5, 0.6) is 74.7 Å². The highest BCUT2D eigenvalue weighted by molar-refractivity contribution is 5.95. The van der Waals surface area contributed by atoms with E-state index >= 15 is 0 Å². The van der Waals surface area contributed by atoms with Crippen molar-refractivity contribution in [3.05, 3.63) is 338 Å². The summed E-state index contributed by atoms with van der Waals surface area (Å²) in [6, 6.07) is 76.5. The van der Waals surface area contributed by atoms with Crippen LogP contribution in [0.2, 0.25) is 0 Å². The molecule has 564 valence electrons. The molecule has 0 radical (unpaired) electrons. The zero-order valence-corrected chi connectivity index (χ0v) is 57.6. The maximum absolute atomic E-state index is 10.6. The van der Waals surface area contributed by atoms with Crippen LogP contribution in [0.25, 0.3) is 21.9 Å². The normalized spacial score (nSPS) is 9.82. The van der Waals surface area contributed by atoms with E-state index in [9.17, 15) is 69.0 Å². The van der Waals surface area contributed by atoms with E-state index in [0.717, 1.165) is 58.9 Å². The third kappa shape index (κ3) is 29.3. The monoisotopic (exact) mass is 1490 g/mol. The van der Waals surface area contributed by atoms with Crippen molar-refractivity contribution in [2.45, 2.75) is 19.3 Å². The van der Waals surface area contributed by atoms with Crippen molar-refractivity contribution in [1.29, 1.82) is 0 Å². The number of aromatic amines is 3. The molecule has 0 bridgehead atoms. The molecule has 0 aliphatic heterocycles. The van der Waals surface area contributed by atoms with E-state index in [4.69, 9.17) is 40.9 Å². The van der Waals surface area contributed by atoms with E-state index in [1.165, 1.54) is 48.5 Å². The van der Waals surface area contributed by atoms with Gasteiger partial charge in [-0.05, 0) is 151 Å². The van der Waals surface area contributed by atoms with Gasteiger partial charge in [-0.25, -0.2) is 28.8 Å². The van der Waals surface area contributed by atoms with Crippen molar-refractivity contribution >= 4 is 53.0 Å². The molecule has 13 rings (SSSR count). The highest BCUT2D eigenvalue weighted by atomic mass is 16.5. The van der Waals surface area contributed by atoms with Gasteiger partial charge in [-0.3, -0.25) is 24.5 Å². The Morgan fingerprint density at radius 3 is 0.954 bits per heavy atom. The molecule has 0 aliphatic rings. The summed E-state index contributed by atoms with van der Waals surface area (Å²) < 4.78 is 8.85. The van der Waals surface area contributed by atoms with Crippen LogP contribution in [0.15, 0.2) is 293 Å². The number of hydrogen-bond donors (Lipinski definition) is 18. The maximum Gasteiger partial charge on any atom is 0.335 e. The molecule has 0 unspecified atom stereocenters. The number of fused-ring (bicyclic) bond motifs is 1. The Balaban J connectivity index is 0.000000325. The molecule has 0 amide bonds. The van der Waals surface area contributed by atoms with Crippen molar-refractivity contribution in [1.82, 2.24) is 15.0 Å². The minimum Gasteiger partial charge on any atom is -0.508 e. The lowest BCUT2D eigenvalue weighted by Gasteiger charge is -2.26. The third-order valence-electron chi connectivity index (χ3n) is 14.3. The molecular formula is C81H76N4O24. The molecule has 28 heteroatoms. The van der Waals surface area contributed by atoms with Crippen LogP contribution >= 0.6 is 0 Å². The summed E-state index contributed by atoms with van der Waals surface area (Å²) in [5.41, 5.74) is 2.87. The minimum absolute atomic E-state index is 0. The second-order valence-electron chi connectivity index (χ2n) is 22.5. The van der Waals surface area contributed by atoms with Crippen molar-refractivity contribution in [2.75, 3.05) is 5.32 Å². The number of carboxylic acid groups (broad SMARTS) is 3. The van der Waals surface area contributed by atoms with Gasteiger partial charge >= 0.3 is 35.0 Å². The van der Waals surface area contributed by atoms with Gasteiger partial charge in [0, 0.05) is 59.7 Å². The molecule has 0 saturated heterocycles. The van der Waals surface area contributed by atoms with Crippen LogP contribution in [0.4, 0.5) is 11.4 Å². The van der Waals surface area contributed by atoms with Crippen LogP contribution < -0.4 is 31.9 Å². The molecule has 0 atom stereocenters. The number of hydrogen-bond acceptors (Lipinski definition) is 22. The highest BCUT2D eigenvalue weighted by Crippen LogP contribution is 2.36. The van der Waals surface area contributed by atoms with Gasteiger partial charge in [0.2, 0.25) is 0 Å². The number of para-hydroxylation sites is 4. The van der Waals surface area contributed by atoms with Gasteiger partial charge in [0.1, 0.15) is 74.7 Å². The van der Waals surface area contributed by atoms with Crippen LogP contribution in [0.3, 0.4) is 0 Å². The number of phenolic OH excluding ortho intramolecular Hbond substituents is 11. The molecule has 0 saturated carbocycles. The first kappa shape index (κ1) is 83.9. The summed E-state index contributed by atoms with van der Waals surface area (Å²) in [5, 5.41) is 130. The molecular weight excluding hydrogens is 1410 g/mol. The van der Waals surface area contributed by atoms with Crippen LogP contribution in [-0.2, 0) is 15.0 Å².